The van der Waals surface area contributed by atoms with Crippen molar-refractivity contribution in [3.63, 3.8) is 0 Å². The van der Waals surface area contributed by atoms with Gasteiger partial charge in [0.25, 0.3) is 0 Å². The summed E-state index contributed by atoms with van der Waals surface area (Å²) in [5, 5.41) is 3.02. The highest BCUT2D eigenvalue weighted by atomic mass is 32.2. The minimum Gasteiger partial charge on any atom is -0.337 e. The molecule has 2 heterocycles. The lowest BCUT2D eigenvalue weighted by molar-refractivity contribution is 0.170. The van der Waals surface area contributed by atoms with Gasteiger partial charge >= 0.3 is 6.03 Å². The van der Waals surface area contributed by atoms with Crippen molar-refractivity contribution in [2.24, 2.45) is 0 Å². The highest BCUT2D eigenvalue weighted by molar-refractivity contribution is 7.89. The number of nitrogens with one attached hydrogen (secondary N) is 1. The summed E-state index contributed by atoms with van der Waals surface area (Å²) in [6.45, 7) is 7.89. The van der Waals surface area contributed by atoms with E-state index in [4.69, 9.17) is 0 Å². The molecule has 0 radical (unpaired) electrons. The van der Waals surface area contributed by atoms with E-state index >= 15 is 0 Å². The summed E-state index contributed by atoms with van der Waals surface area (Å²) >= 11 is 0.996. The van der Waals surface area contributed by atoms with Crippen LogP contribution in [0.3, 0.4) is 0 Å². The predicted molar refractivity (Wildman–Crippen MR) is 125 cm³/mol. The number of piperazine rings is 1. The van der Waals surface area contributed by atoms with Crippen LogP contribution >= 0.6 is 11.7 Å². The quantitative estimate of drug-likeness (QED) is 0.615. The summed E-state index contributed by atoms with van der Waals surface area (Å²) in [4.78, 5) is 14.6. The fourth-order valence-corrected chi connectivity index (χ4v) is 6.01. The van der Waals surface area contributed by atoms with Gasteiger partial charge in [0, 0.05) is 38.1 Å². The first-order valence-corrected chi connectivity index (χ1v) is 12.7. The third kappa shape index (κ3) is 4.48. The number of aromatic nitrogens is 2. The van der Waals surface area contributed by atoms with Crippen LogP contribution in [-0.2, 0) is 15.4 Å². The van der Waals surface area contributed by atoms with Gasteiger partial charge in [-0.25, -0.2) is 13.2 Å². The molecule has 10 heteroatoms. The van der Waals surface area contributed by atoms with Gasteiger partial charge in [-0.3, -0.25) is 0 Å². The van der Waals surface area contributed by atoms with Crippen molar-refractivity contribution in [1.82, 2.24) is 23.3 Å². The first kappa shape index (κ1) is 22.6. The number of sulfonamides is 1. The summed E-state index contributed by atoms with van der Waals surface area (Å²) < 4.78 is 36.0. The fourth-order valence-electron chi connectivity index (χ4n) is 3.84. The Balaban J connectivity index is 1.37. The molecule has 0 aliphatic carbocycles. The van der Waals surface area contributed by atoms with Crippen molar-refractivity contribution >= 4 is 38.8 Å². The maximum atomic E-state index is 13.2. The maximum absolute atomic E-state index is 13.2. The molecule has 1 aliphatic heterocycles. The Bertz CT molecular complexity index is 1230. The van der Waals surface area contributed by atoms with Gasteiger partial charge in [-0.05, 0) is 24.6 Å². The van der Waals surface area contributed by atoms with Crippen LogP contribution in [0, 0.1) is 6.92 Å². The van der Waals surface area contributed by atoms with Crippen molar-refractivity contribution in [2.75, 3.05) is 32.7 Å². The van der Waals surface area contributed by atoms with Crippen molar-refractivity contribution in [3.05, 3.63) is 53.6 Å². The van der Waals surface area contributed by atoms with Crippen LogP contribution < -0.4 is 5.32 Å². The minimum atomic E-state index is -3.70. The first-order chi connectivity index (χ1) is 15.2. The van der Waals surface area contributed by atoms with Gasteiger partial charge < -0.3 is 10.2 Å². The second kappa shape index (κ2) is 8.76. The van der Waals surface area contributed by atoms with E-state index in [1.165, 1.54) is 15.4 Å². The predicted octanol–water partition coefficient (Wildman–Crippen LogP) is 2.99. The zero-order valence-electron chi connectivity index (χ0n) is 18.4. The number of urea groups is 1. The SMILES string of the molecule is Cc1cccc(C(C)(C)CNC(=O)N2CCN(S(=O)(=O)c3cccc4nsnc34)CC2)c1. The van der Waals surface area contributed by atoms with Crippen molar-refractivity contribution < 1.29 is 13.2 Å². The van der Waals surface area contributed by atoms with Crippen LogP contribution in [0.2, 0.25) is 0 Å². The van der Waals surface area contributed by atoms with Gasteiger partial charge in [-0.2, -0.15) is 13.1 Å². The van der Waals surface area contributed by atoms with Crippen LogP contribution in [0.4, 0.5) is 4.79 Å². The Kier molecular flexibility index (Phi) is 6.19. The minimum absolute atomic E-state index is 0.168. The highest BCUT2D eigenvalue weighted by Gasteiger charge is 2.32. The van der Waals surface area contributed by atoms with Crippen LogP contribution in [-0.4, -0.2) is 65.1 Å². The normalized spacial score (nSPS) is 15.8. The number of rotatable bonds is 5. The Morgan fingerprint density at radius 3 is 2.53 bits per heavy atom. The van der Waals surface area contributed by atoms with E-state index in [1.54, 1.807) is 23.1 Å². The molecule has 1 saturated heterocycles. The van der Waals surface area contributed by atoms with Crippen molar-refractivity contribution in [3.8, 4) is 0 Å². The van der Waals surface area contributed by atoms with Crippen LogP contribution in [0.25, 0.3) is 11.0 Å². The van der Waals surface area contributed by atoms with E-state index < -0.39 is 10.0 Å². The number of carbonyl (C=O) groups excluding carboxylic acids is 1. The number of benzene rings is 2. The number of hydrogen-bond acceptors (Lipinski definition) is 6. The molecule has 0 unspecified atom stereocenters. The molecular weight excluding hydrogens is 446 g/mol. The average molecular weight is 474 g/mol. The summed E-state index contributed by atoms with van der Waals surface area (Å²) in [6, 6.07) is 13.1. The van der Waals surface area contributed by atoms with Crippen molar-refractivity contribution in [2.45, 2.75) is 31.1 Å². The zero-order valence-corrected chi connectivity index (χ0v) is 20.0. The van der Waals surface area contributed by atoms with Crippen LogP contribution in [0.15, 0.2) is 47.4 Å². The van der Waals surface area contributed by atoms with Crippen LogP contribution in [0.1, 0.15) is 25.0 Å². The molecule has 0 bridgehead atoms. The third-order valence-electron chi connectivity index (χ3n) is 5.87. The molecule has 4 rings (SSSR count). The van der Waals surface area contributed by atoms with Gasteiger partial charge in [0.2, 0.25) is 10.0 Å². The molecule has 32 heavy (non-hydrogen) atoms. The van der Waals surface area contributed by atoms with E-state index in [2.05, 4.69) is 53.0 Å². The van der Waals surface area contributed by atoms with E-state index in [1.807, 2.05) is 6.07 Å². The monoisotopic (exact) mass is 473 g/mol. The number of fused-ring (bicyclic) bond motifs is 1. The smallest absolute Gasteiger partial charge is 0.317 e. The molecule has 2 aromatic carbocycles. The number of carbonyl (C=O) groups is 1. The molecule has 1 N–H and O–H groups in total. The van der Waals surface area contributed by atoms with E-state index in [-0.39, 0.29) is 29.4 Å². The highest BCUT2D eigenvalue weighted by Crippen LogP contribution is 2.26. The van der Waals surface area contributed by atoms with Gasteiger partial charge in [0.15, 0.2) is 0 Å². The van der Waals surface area contributed by atoms with Gasteiger partial charge in [0.1, 0.15) is 15.9 Å². The lowest BCUT2D eigenvalue weighted by Crippen LogP contribution is -2.54. The second-order valence-electron chi connectivity index (χ2n) is 8.69. The van der Waals surface area contributed by atoms with E-state index in [0.717, 1.165) is 11.7 Å². The number of hydrogen-bond donors (Lipinski definition) is 1. The fraction of sp³-hybridized carbons (Fsp3) is 0.409. The Morgan fingerprint density at radius 1 is 1.09 bits per heavy atom. The Labute approximate surface area is 192 Å². The topological polar surface area (TPSA) is 95.5 Å². The average Bonchev–Trinajstić information content (AvgIpc) is 3.26. The number of amides is 2. The molecule has 2 amide bonds. The molecule has 1 fully saturated rings. The van der Waals surface area contributed by atoms with Gasteiger partial charge in [-0.15, -0.1) is 0 Å². The third-order valence-corrected chi connectivity index (χ3v) is 8.35. The van der Waals surface area contributed by atoms with E-state index in [0.29, 0.717) is 30.7 Å². The summed E-state index contributed by atoms with van der Waals surface area (Å²) in [5.41, 5.74) is 3.11. The molecule has 0 spiro atoms. The maximum Gasteiger partial charge on any atom is 0.317 e. The lowest BCUT2D eigenvalue weighted by Gasteiger charge is -2.35. The Morgan fingerprint density at radius 2 is 1.81 bits per heavy atom. The molecule has 3 aromatic rings. The summed E-state index contributed by atoms with van der Waals surface area (Å²) in [7, 11) is -3.70. The molecular formula is C22H27N5O3S2. The zero-order chi connectivity index (χ0) is 22.9. The largest absolute Gasteiger partial charge is 0.337 e. The van der Waals surface area contributed by atoms with Gasteiger partial charge in [-0.1, -0.05) is 49.7 Å². The number of nitrogens with zero attached hydrogens (tertiary/aromatic N) is 4. The standard InChI is InChI=1S/C22H27N5O3S2/c1-16-6-4-7-17(14-16)22(2,3)15-23-21(28)26-10-12-27(13-11-26)32(29,30)19-9-5-8-18-20(19)25-31-24-18/h4-9,14H,10-13,15H2,1-3H3,(H,23,28). The Hall–Kier alpha value is -2.56. The molecule has 1 aliphatic rings. The first-order valence-electron chi connectivity index (χ1n) is 10.5. The molecule has 8 nitrogen and oxygen atoms in total. The van der Waals surface area contributed by atoms with E-state index in [9.17, 15) is 13.2 Å². The van der Waals surface area contributed by atoms with Gasteiger partial charge in [0.05, 0.1) is 11.7 Å². The number of aryl methyl sites for hydroxylation is 1. The second-order valence-corrected chi connectivity index (χ2v) is 11.1. The van der Waals surface area contributed by atoms with Crippen molar-refractivity contribution in [1.29, 1.82) is 0 Å². The van der Waals surface area contributed by atoms with Crippen LogP contribution in [0.5, 0.6) is 0 Å². The molecule has 1 aromatic heterocycles. The summed E-state index contributed by atoms with van der Waals surface area (Å²) in [6.07, 6.45) is 0. The molecule has 0 atom stereocenters. The molecule has 170 valence electrons. The summed E-state index contributed by atoms with van der Waals surface area (Å²) in [5.74, 6) is 0. The molecule has 0 saturated carbocycles. The lowest BCUT2D eigenvalue weighted by atomic mass is 9.84.